The topological polar surface area (TPSA) is 77.3 Å². The molecule has 0 atom stereocenters. The number of halogens is 2. The van der Waals surface area contributed by atoms with Crippen LogP contribution < -0.4 is 0 Å². The standard InChI is InChI=1S/C6H3Cl2NO4S/c7-4-1-2-6(14(8,12)13)5(3-4)9(10)11/h1-3H. The minimum Gasteiger partial charge on any atom is -0.258 e. The van der Waals surface area contributed by atoms with Crippen molar-refractivity contribution in [2.75, 3.05) is 0 Å². The molecule has 0 N–H and O–H groups in total. The van der Waals surface area contributed by atoms with Crippen LogP contribution in [-0.2, 0) is 9.05 Å². The maximum atomic E-state index is 10.9. The van der Waals surface area contributed by atoms with Crippen LogP contribution in [0.2, 0.25) is 5.02 Å². The van der Waals surface area contributed by atoms with Gasteiger partial charge in [-0.25, -0.2) is 8.42 Å². The molecule has 14 heavy (non-hydrogen) atoms. The van der Waals surface area contributed by atoms with Crippen LogP contribution in [0, 0.1) is 10.1 Å². The Morgan fingerprint density at radius 2 is 1.93 bits per heavy atom. The highest BCUT2D eigenvalue weighted by Crippen LogP contribution is 2.29. The number of hydrogen-bond acceptors (Lipinski definition) is 4. The average Bonchev–Trinajstić information content (AvgIpc) is 2.01. The lowest BCUT2D eigenvalue weighted by atomic mass is 10.3. The Hall–Kier alpha value is -0.850. The van der Waals surface area contributed by atoms with E-state index >= 15 is 0 Å². The highest BCUT2D eigenvalue weighted by atomic mass is 35.7. The van der Waals surface area contributed by atoms with E-state index in [1.807, 2.05) is 0 Å². The Morgan fingerprint density at radius 1 is 1.36 bits per heavy atom. The molecule has 0 radical (unpaired) electrons. The zero-order chi connectivity index (χ0) is 10.9. The predicted molar refractivity (Wildman–Crippen MR) is 51.1 cm³/mol. The van der Waals surface area contributed by atoms with Gasteiger partial charge in [0.25, 0.3) is 14.7 Å². The Bertz CT molecular complexity index is 485. The van der Waals surface area contributed by atoms with Crippen molar-refractivity contribution in [2.45, 2.75) is 4.90 Å². The number of benzene rings is 1. The van der Waals surface area contributed by atoms with E-state index in [0.717, 1.165) is 12.1 Å². The Balaban J connectivity index is 3.53. The van der Waals surface area contributed by atoms with Crippen molar-refractivity contribution in [3.8, 4) is 0 Å². The van der Waals surface area contributed by atoms with E-state index < -0.39 is 24.6 Å². The second-order valence-corrected chi connectivity index (χ2v) is 5.28. The molecule has 76 valence electrons. The van der Waals surface area contributed by atoms with Crippen LogP contribution in [0.15, 0.2) is 23.1 Å². The van der Waals surface area contributed by atoms with E-state index in [1.165, 1.54) is 6.07 Å². The van der Waals surface area contributed by atoms with Crippen molar-refractivity contribution in [3.05, 3.63) is 33.3 Å². The first kappa shape index (κ1) is 11.2. The molecule has 1 aromatic carbocycles. The predicted octanol–water partition coefficient (Wildman–Crippen LogP) is 2.18. The monoisotopic (exact) mass is 255 g/mol. The van der Waals surface area contributed by atoms with Crippen LogP contribution in [0.4, 0.5) is 5.69 Å². The van der Waals surface area contributed by atoms with Crippen LogP contribution in [-0.4, -0.2) is 13.3 Å². The van der Waals surface area contributed by atoms with Crippen LogP contribution in [0.1, 0.15) is 0 Å². The Morgan fingerprint density at radius 3 is 2.36 bits per heavy atom. The fourth-order valence-electron chi connectivity index (χ4n) is 0.839. The molecule has 0 amide bonds. The summed E-state index contributed by atoms with van der Waals surface area (Å²) < 4.78 is 21.8. The summed E-state index contributed by atoms with van der Waals surface area (Å²) in [4.78, 5) is 9.02. The molecule has 0 aromatic heterocycles. The molecule has 5 nitrogen and oxygen atoms in total. The van der Waals surface area contributed by atoms with Gasteiger partial charge in [0, 0.05) is 21.8 Å². The minimum atomic E-state index is -4.12. The largest absolute Gasteiger partial charge is 0.290 e. The normalized spacial score (nSPS) is 11.3. The third-order valence-corrected chi connectivity index (χ3v) is 2.98. The van der Waals surface area contributed by atoms with Crippen molar-refractivity contribution in [2.24, 2.45) is 0 Å². The maximum Gasteiger partial charge on any atom is 0.290 e. The molecule has 0 saturated heterocycles. The summed E-state index contributed by atoms with van der Waals surface area (Å²) in [7, 11) is 0.861. The lowest BCUT2D eigenvalue weighted by Gasteiger charge is -1.98. The zero-order valence-corrected chi connectivity index (χ0v) is 8.80. The van der Waals surface area contributed by atoms with Gasteiger partial charge in [0.15, 0.2) is 4.90 Å². The number of nitro groups is 1. The summed E-state index contributed by atoms with van der Waals surface area (Å²) >= 11 is 5.47. The summed E-state index contributed by atoms with van der Waals surface area (Å²) in [6, 6.07) is 3.13. The molecule has 0 heterocycles. The summed E-state index contributed by atoms with van der Waals surface area (Å²) in [5.74, 6) is 0. The first-order valence-corrected chi connectivity index (χ1v) is 5.89. The summed E-state index contributed by atoms with van der Waals surface area (Å²) in [6.07, 6.45) is 0. The third-order valence-electron chi connectivity index (χ3n) is 1.38. The molecular weight excluding hydrogens is 253 g/mol. The quantitative estimate of drug-likeness (QED) is 0.461. The van der Waals surface area contributed by atoms with Crippen LogP contribution in [0.5, 0.6) is 0 Å². The number of hydrogen-bond donors (Lipinski definition) is 0. The summed E-state index contributed by atoms with van der Waals surface area (Å²) in [5.41, 5.74) is -0.632. The first-order valence-electron chi connectivity index (χ1n) is 3.21. The van der Waals surface area contributed by atoms with Gasteiger partial charge in [-0.1, -0.05) is 11.6 Å². The van der Waals surface area contributed by atoms with Gasteiger partial charge in [0.1, 0.15) is 0 Å². The molecule has 1 aromatic rings. The van der Waals surface area contributed by atoms with Crippen molar-refractivity contribution >= 4 is 37.0 Å². The minimum absolute atomic E-state index is 0.0702. The van der Waals surface area contributed by atoms with Crippen LogP contribution in [0.3, 0.4) is 0 Å². The van der Waals surface area contributed by atoms with Gasteiger partial charge in [0.2, 0.25) is 0 Å². The highest BCUT2D eigenvalue weighted by Gasteiger charge is 2.23. The van der Waals surface area contributed by atoms with Gasteiger partial charge in [-0.3, -0.25) is 10.1 Å². The smallest absolute Gasteiger partial charge is 0.258 e. The van der Waals surface area contributed by atoms with Crippen molar-refractivity contribution in [1.29, 1.82) is 0 Å². The van der Waals surface area contributed by atoms with Gasteiger partial charge in [0.05, 0.1) is 4.92 Å². The van der Waals surface area contributed by atoms with E-state index in [0.29, 0.717) is 0 Å². The van der Waals surface area contributed by atoms with E-state index in [-0.39, 0.29) is 5.02 Å². The zero-order valence-electron chi connectivity index (χ0n) is 6.48. The first-order chi connectivity index (χ1) is 6.32. The molecular formula is C6H3Cl2NO4S. The van der Waals surface area contributed by atoms with E-state index in [9.17, 15) is 18.5 Å². The molecule has 1 rings (SSSR count). The van der Waals surface area contributed by atoms with Gasteiger partial charge < -0.3 is 0 Å². The third kappa shape index (κ3) is 2.34. The fourth-order valence-corrected chi connectivity index (χ4v) is 2.01. The molecule has 0 aliphatic carbocycles. The Labute approximate surface area is 88.8 Å². The number of nitrogens with zero attached hydrogens (tertiary/aromatic N) is 1. The molecule has 0 bridgehead atoms. The van der Waals surface area contributed by atoms with Gasteiger partial charge >= 0.3 is 0 Å². The molecule has 0 unspecified atom stereocenters. The maximum absolute atomic E-state index is 10.9. The number of nitro benzene ring substituents is 1. The fraction of sp³-hybridized carbons (Fsp3) is 0. The molecule has 0 aliphatic rings. The van der Waals surface area contributed by atoms with Crippen molar-refractivity contribution in [3.63, 3.8) is 0 Å². The highest BCUT2D eigenvalue weighted by molar-refractivity contribution is 8.13. The molecule has 8 heteroatoms. The van der Waals surface area contributed by atoms with E-state index in [1.54, 1.807) is 0 Å². The van der Waals surface area contributed by atoms with Crippen LogP contribution >= 0.6 is 22.3 Å². The van der Waals surface area contributed by atoms with Gasteiger partial charge in [-0.2, -0.15) is 0 Å². The summed E-state index contributed by atoms with van der Waals surface area (Å²) in [6.45, 7) is 0. The number of rotatable bonds is 2. The van der Waals surface area contributed by atoms with Crippen molar-refractivity contribution < 1.29 is 13.3 Å². The Kier molecular flexibility index (Phi) is 2.98. The van der Waals surface area contributed by atoms with Gasteiger partial charge in [-0.15, -0.1) is 0 Å². The van der Waals surface area contributed by atoms with Gasteiger partial charge in [-0.05, 0) is 12.1 Å². The summed E-state index contributed by atoms with van der Waals surface area (Å²) in [5, 5.41) is 10.5. The second-order valence-electron chi connectivity index (χ2n) is 2.31. The van der Waals surface area contributed by atoms with Crippen LogP contribution in [0.25, 0.3) is 0 Å². The van der Waals surface area contributed by atoms with Crippen molar-refractivity contribution in [1.82, 2.24) is 0 Å². The lowest BCUT2D eigenvalue weighted by molar-refractivity contribution is -0.387. The SMILES string of the molecule is O=[N+]([O-])c1cc(Cl)ccc1S(=O)(=O)Cl. The van der Waals surface area contributed by atoms with E-state index in [4.69, 9.17) is 22.3 Å². The molecule has 0 spiro atoms. The molecule has 0 saturated carbocycles. The lowest BCUT2D eigenvalue weighted by Crippen LogP contribution is -1.98. The second kappa shape index (κ2) is 3.72. The van der Waals surface area contributed by atoms with E-state index in [2.05, 4.69) is 0 Å². The molecule has 0 fully saturated rings. The molecule has 0 aliphatic heterocycles. The average molecular weight is 256 g/mol.